The van der Waals surface area contributed by atoms with Gasteiger partial charge in [-0.1, -0.05) is 200 Å². The van der Waals surface area contributed by atoms with Gasteiger partial charge in [0.1, 0.15) is 0 Å². The highest BCUT2D eigenvalue weighted by molar-refractivity contribution is 7.03. The van der Waals surface area contributed by atoms with E-state index in [0.29, 0.717) is 0 Å². The molecule has 4 aliphatic rings. The van der Waals surface area contributed by atoms with Crippen LogP contribution in [0, 0.1) is 0 Å². The molecule has 4 nitrogen and oxygen atoms in total. The number of anilines is 12. The Labute approximate surface area is 487 Å². The van der Waals surface area contributed by atoms with Crippen molar-refractivity contribution in [3.05, 3.63) is 291 Å². The number of hydrogen-bond acceptors (Lipinski definition) is 4. The average molecular weight is 1060 g/mol. The molecule has 19 rings (SSSR count). The van der Waals surface area contributed by atoms with Gasteiger partial charge in [0.25, 0.3) is 13.4 Å². The van der Waals surface area contributed by atoms with E-state index in [4.69, 9.17) is 0 Å². The minimum Gasteiger partial charge on any atom is -0.311 e. The van der Waals surface area contributed by atoms with Crippen LogP contribution < -0.4 is 52.4 Å². The lowest BCUT2D eigenvalue weighted by Gasteiger charge is -2.47. The van der Waals surface area contributed by atoms with Crippen molar-refractivity contribution in [2.45, 2.75) is 0 Å². The molecule has 0 aromatic heterocycles. The molecule has 0 unspecified atom stereocenters. The molecule has 0 atom stereocenters. The van der Waals surface area contributed by atoms with Gasteiger partial charge < -0.3 is 19.6 Å². The first-order chi connectivity index (χ1) is 41.7. The van der Waals surface area contributed by atoms with Gasteiger partial charge in [0.05, 0.1) is 0 Å². The van der Waals surface area contributed by atoms with E-state index in [0.717, 1.165) is 22.7 Å². The van der Waals surface area contributed by atoms with Crippen LogP contribution in [0.15, 0.2) is 291 Å². The Bertz CT molecular complexity index is 5260. The highest BCUT2D eigenvalue weighted by Crippen LogP contribution is 2.50. The summed E-state index contributed by atoms with van der Waals surface area (Å²) in [6.45, 7) is -0.158. The average Bonchev–Trinajstić information content (AvgIpc) is 1.30. The van der Waals surface area contributed by atoms with Gasteiger partial charge in [-0.3, -0.25) is 0 Å². The Kier molecular flexibility index (Phi) is 9.48. The van der Waals surface area contributed by atoms with Crippen LogP contribution in [0.1, 0.15) is 0 Å². The Morgan fingerprint density at radius 1 is 0.167 bits per heavy atom. The molecule has 0 saturated heterocycles. The second kappa shape index (κ2) is 17.4. The van der Waals surface area contributed by atoms with Crippen molar-refractivity contribution in [1.82, 2.24) is 0 Å². The SMILES string of the molecule is c1ccc(N2c3ccccc3B3c4cc5c(cc4N(c4ccccc4)c4cccc2c43)N(c2ccc3c4ccccc4c4ccccc4c3c2)c2cccc3c2B5c2ccccc2N3c2ccc3c4ccccc4c4ccccc4c3c2)cc1. The second-order valence-corrected chi connectivity index (χ2v) is 23.0. The van der Waals surface area contributed by atoms with E-state index in [1.165, 1.54) is 143 Å². The van der Waals surface area contributed by atoms with E-state index in [9.17, 15) is 0 Å². The standard InChI is InChI=1S/C78H48B2N4/c1-3-21-49(22-4-1)81-69-35-17-15-33-65(69)79-67-47-68-76(48-75(67)82(50-23-5-2-6-24-50)72-38-19-37-71(81)77(72)79)84(52-42-44-62-58-30-10-8-26-54(58)56-28-12-14-32-60(56)64(62)46-52)74-40-20-39-73-78(74)80(68)66-34-16-18-36-70(66)83(73)51-41-43-61-57-29-9-7-25-53(57)55-27-11-13-31-59(55)63(61)45-51/h1-48H. The van der Waals surface area contributed by atoms with Gasteiger partial charge in [0.2, 0.25) is 0 Å². The lowest BCUT2D eigenvalue weighted by Crippen LogP contribution is -2.65. The summed E-state index contributed by atoms with van der Waals surface area (Å²) in [7, 11) is 0. The molecule has 0 bridgehead atoms. The first-order valence-corrected chi connectivity index (χ1v) is 29.3. The zero-order chi connectivity index (χ0) is 54.7. The zero-order valence-corrected chi connectivity index (χ0v) is 45.7. The first-order valence-electron chi connectivity index (χ1n) is 29.3. The summed E-state index contributed by atoms with van der Waals surface area (Å²) < 4.78 is 0. The predicted molar refractivity (Wildman–Crippen MR) is 360 cm³/mol. The largest absolute Gasteiger partial charge is 0.311 e. The van der Waals surface area contributed by atoms with Gasteiger partial charge in [0.15, 0.2) is 0 Å². The van der Waals surface area contributed by atoms with Crippen LogP contribution in [0.4, 0.5) is 68.2 Å². The molecule has 0 saturated carbocycles. The van der Waals surface area contributed by atoms with E-state index >= 15 is 0 Å². The smallest absolute Gasteiger partial charge is 0.252 e. The molecule has 0 radical (unpaired) electrons. The molecular formula is C78H48B2N4. The molecule has 386 valence electrons. The molecule has 0 fully saturated rings. The third kappa shape index (κ3) is 6.23. The van der Waals surface area contributed by atoms with Gasteiger partial charge in [0, 0.05) is 68.2 Å². The van der Waals surface area contributed by atoms with Gasteiger partial charge in [-0.05, 0) is 188 Å². The number of para-hydroxylation sites is 4. The van der Waals surface area contributed by atoms with Crippen molar-refractivity contribution in [3.63, 3.8) is 0 Å². The lowest BCUT2D eigenvalue weighted by molar-refractivity contribution is 1.24. The molecule has 6 heteroatoms. The fourth-order valence-electron chi connectivity index (χ4n) is 15.6. The fourth-order valence-corrected chi connectivity index (χ4v) is 15.6. The minimum absolute atomic E-state index is 0.0585. The lowest BCUT2D eigenvalue weighted by atomic mass is 9.30. The van der Waals surface area contributed by atoms with E-state index in [1.807, 2.05) is 0 Å². The van der Waals surface area contributed by atoms with Crippen LogP contribution in [0.2, 0.25) is 0 Å². The van der Waals surface area contributed by atoms with Crippen molar-refractivity contribution in [2.75, 3.05) is 19.6 Å². The molecule has 4 heterocycles. The number of benzene rings is 15. The third-order valence-electron chi connectivity index (χ3n) is 18.9. The zero-order valence-electron chi connectivity index (χ0n) is 45.7. The molecule has 4 aliphatic heterocycles. The number of nitrogens with zero attached hydrogens (tertiary/aromatic N) is 4. The molecule has 15 aromatic rings. The van der Waals surface area contributed by atoms with Crippen molar-refractivity contribution < 1.29 is 0 Å². The van der Waals surface area contributed by atoms with E-state index in [2.05, 4.69) is 311 Å². The van der Waals surface area contributed by atoms with Gasteiger partial charge in [-0.2, -0.15) is 0 Å². The Morgan fingerprint density at radius 2 is 0.452 bits per heavy atom. The summed E-state index contributed by atoms with van der Waals surface area (Å²) in [6.07, 6.45) is 0. The Hall–Kier alpha value is -10.8. The van der Waals surface area contributed by atoms with Crippen molar-refractivity contribution in [1.29, 1.82) is 0 Å². The van der Waals surface area contributed by atoms with Crippen LogP contribution in [-0.2, 0) is 0 Å². The number of rotatable bonds is 4. The van der Waals surface area contributed by atoms with Gasteiger partial charge >= 0.3 is 0 Å². The Balaban J connectivity index is 0.913. The van der Waals surface area contributed by atoms with Crippen LogP contribution in [0.3, 0.4) is 0 Å². The van der Waals surface area contributed by atoms with Crippen molar-refractivity contribution in [2.24, 2.45) is 0 Å². The summed E-state index contributed by atoms with van der Waals surface area (Å²) >= 11 is 0. The molecule has 0 spiro atoms. The maximum absolute atomic E-state index is 2.64. The fraction of sp³-hybridized carbons (Fsp3) is 0. The maximum Gasteiger partial charge on any atom is 0.252 e. The minimum atomic E-state index is -0.0999. The summed E-state index contributed by atoms with van der Waals surface area (Å²) in [6, 6.07) is 110. The predicted octanol–water partition coefficient (Wildman–Crippen LogP) is 16.8. The van der Waals surface area contributed by atoms with Gasteiger partial charge in [-0.15, -0.1) is 0 Å². The van der Waals surface area contributed by atoms with Crippen LogP contribution in [0.25, 0.3) is 64.6 Å². The topological polar surface area (TPSA) is 13.0 Å². The maximum atomic E-state index is 2.64. The monoisotopic (exact) mass is 1060 g/mol. The highest BCUT2D eigenvalue weighted by atomic mass is 15.2. The molecule has 84 heavy (non-hydrogen) atoms. The Morgan fingerprint density at radius 3 is 0.845 bits per heavy atom. The number of fused-ring (bicyclic) bond motifs is 20. The number of hydrogen-bond donors (Lipinski definition) is 0. The molecule has 0 amide bonds. The summed E-state index contributed by atoms with van der Waals surface area (Å²) in [4.78, 5) is 10.2. The first kappa shape index (κ1) is 45.9. The van der Waals surface area contributed by atoms with E-state index in [-0.39, 0.29) is 13.4 Å². The van der Waals surface area contributed by atoms with E-state index in [1.54, 1.807) is 0 Å². The van der Waals surface area contributed by atoms with Crippen LogP contribution >= 0.6 is 0 Å². The highest BCUT2D eigenvalue weighted by Gasteiger charge is 2.48. The summed E-state index contributed by atoms with van der Waals surface area (Å²) in [5, 5.41) is 15.2. The van der Waals surface area contributed by atoms with E-state index < -0.39 is 0 Å². The second-order valence-electron chi connectivity index (χ2n) is 23.0. The normalized spacial score (nSPS) is 13.6. The van der Waals surface area contributed by atoms with Gasteiger partial charge in [-0.25, -0.2) is 0 Å². The summed E-state index contributed by atoms with van der Waals surface area (Å²) in [5.74, 6) is 0. The molecule has 15 aromatic carbocycles. The van der Waals surface area contributed by atoms with Crippen LogP contribution in [-0.4, -0.2) is 13.4 Å². The van der Waals surface area contributed by atoms with Crippen molar-refractivity contribution in [3.8, 4) is 0 Å². The third-order valence-corrected chi connectivity index (χ3v) is 18.9. The quantitative estimate of drug-likeness (QED) is 0.129. The summed E-state index contributed by atoms with van der Waals surface area (Å²) in [5.41, 5.74) is 21.8. The van der Waals surface area contributed by atoms with Crippen molar-refractivity contribution >= 4 is 179 Å². The van der Waals surface area contributed by atoms with Crippen LogP contribution in [0.5, 0.6) is 0 Å². The molecule has 0 N–H and O–H groups in total. The molecule has 0 aliphatic carbocycles. The molecular weight excluding hydrogens is 1010 g/mol.